The van der Waals surface area contributed by atoms with E-state index in [2.05, 4.69) is 18.0 Å². The van der Waals surface area contributed by atoms with Crippen LogP contribution in [-0.2, 0) is 0 Å². The van der Waals surface area contributed by atoms with Crippen molar-refractivity contribution in [3.63, 3.8) is 0 Å². The lowest BCUT2D eigenvalue weighted by Gasteiger charge is -2.30. The Hall–Kier alpha value is -1.42. The van der Waals surface area contributed by atoms with Crippen LogP contribution in [0.3, 0.4) is 0 Å². The number of nitrogen functional groups attached to an aromatic ring is 2. The van der Waals surface area contributed by atoms with E-state index >= 15 is 0 Å². The second kappa shape index (κ2) is 5.52. The largest absolute Gasteiger partial charge is 0.491 e. The van der Waals surface area contributed by atoms with E-state index in [0.717, 1.165) is 31.4 Å². The SMILES string of the molecule is CN1CCC(c2ccc(N)c(N)c2OCC2CC2)CC1. The van der Waals surface area contributed by atoms with E-state index in [1.54, 1.807) is 0 Å². The third kappa shape index (κ3) is 2.85. The molecule has 0 amide bonds. The summed E-state index contributed by atoms with van der Waals surface area (Å²) < 4.78 is 6.03. The summed E-state index contributed by atoms with van der Waals surface area (Å²) in [5.74, 6) is 2.12. The van der Waals surface area contributed by atoms with Gasteiger partial charge in [0, 0.05) is 0 Å². The number of hydrogen-bond acceptors (Lipinski definition) is 4. The Balaban J connectivity index is 1.82. The number of nitrogens with zero attached hydrogens (tertiary/aromatic N) is 1. The van der Waals surface area contributed by atoms with Gasteiger partial charge >= 0.3 is 0 Å². The van der Waals surface area contributed by atoms with Gasteiger partial charge in [-0.3, -0.25) is 0 Å². The molecule has 1 saturated carbocycles. The number of benzene rings is 1. The van der Waals surface area contributed by atoms with E-state index in [0.29, 0.717) is 17.3 Å². The summed E-state index contributed by atoms with van der Waals surface area (Å²) in [7, 11) is 2.18. The van der Waals surface area contributed by atoms with Crippen LogP contribution in [0, 0.1) is 5.92 Å². The van der Waals surface area contributed by atoms with Crippen molar-refractivity contribution >= 4 is 11.4 Å². The van der Waals surface area contributed by atoms with Crippen molar-refractivity contribution in [1.29, 1.82) is 0 Å². The van der Waals surface area contributed by atoms with Gasteiger partial charge in [0.25, 0.3) is 0 Å². The molecule has 0 bridgehead atoms. The number of hydrogen-bond donors (Lipinski definition) is 2. The van der Waals surface area contributed by atoms with Crippen LogP contribution in [0.15, 0.2) is 12.1 Å². The molecule has 4 nitrogen and oxygen atoms in total. The number of ether oxygens (including phenoxy) is 1. The van der Waals surface area contributed by atoms with Crippen LogP contribution in [0.2, 0.25) is 0 Å². The zero-order valence-corrected chi connectivity index (χ0v) is 12.3. The van der Waals surface area contributed by atoms with Crippen molar-refractivity contribution in [2.24, 2.45) is 5.92 Å². The minimum atomic E-state index is 0.545. The second-order valence-corrected chi connectivity index (χ2v) is 6.32. The van der Waals surface area contributed by atoms with Gasteiger partial charge in [0.1, 0.15) is 5.75 Å². The van der Waals surface area contributed by atoms with Crippen LogP contribution < -0.4 is 16.2 Å². The molecular formula is C16H25N3O. The lowest BCUT2D eigenvalue weighted by Crippen LogP contribution is -2.29. The molecule has 4 N–H and O–H groups in total. The van der Waals surface area contributed by atoms with Gasteiger partial charge in [-0.15, -0.1) is 0 Å². The van der Waals surface area contributed by atoms with Gasteiger partial charge in [0.2, 0.25) is 0 Å². The lowest BCUT2D eigenvalue weighted by atomic mass is 9.88. The normalized spacial score (nSPS) is 21.1. The molecule has 1 saturated heterocycles. The fraction of sp³-hybridized carbons (Fsp3) is 0.625. The summed E-state index contributed by atoms with van der Waals surface area (Å²) in [5.41, 5.74) is 14.6. The van der Waals surface area contributed by atoms with Crippen LogP contribution in [0.5, 0.6) is 5.75 Å². The minimum absolute atomic E-state index is 0.545. The highest BCUT2D eigenvalue weighted by Gasteiger charge is 2.26. The molecule has 4 heteroatoms. The number of piperidine rings is 1. The summed E-state index contributed by atoms with van der Waals surface area (Å²) in [6, 6.07) is 4.04. The maximum Gasteiger partial charge on any atom is 0.147 e. The van der Waals surface area contributed by atoms with Gasteiger partial charge in [-0.1, -0.05) is 6.07 Å². The first-order chi connectivity index (χ1) is 9.65. The molecule has 1 aromatic carbocycles. The molecule has 0 aromatic heterocycles. The fourth-order valence-electron chi connectivity index (χ4n) is 2.92. The predicted octanol–water partition coefficient (Wildman–Crippen LogP) is 2.45. The molecule has 0 atom stereocenters. The smallest absolute Gasteiger partial charge is 0.147 e. The van der Waals surface area contributed by atoms with E-state index in [1.807, 2.05) is 6.07 Å². The number of nitrogens with two attached hydrogens (primary N) is 2. The maximum atomic E-state index is 6.16. The summed E-state index contributed by atoms with van der Waals surface area (Å²) in [5, 5.41) is 0. The topological polar surface area (TPSA) is 64.5 Å². The maximum absolute atomic E-state index is 6.16. The highest BCUT2D eigenvalue weighted by Crippen LogP contribution is 2.41. The summed E-state index contributed by atoms with van der Waals surface area (Å²) in [6.45, 7) is 3.06. The standard InChI is InChI=1S/C16H25N3O/c1-19-8-6-12(7-9-19)13-4-5-14(17)15(18)16(13)20-10-11-2-3-11/h4-5,11-12H,2-3,6-10,17-18H2,1H3. The predicted molar refractivity (Wildman–Crippen MR) is 83.0 cm³/mol. The molecule has 1 aliphatic heterocycles. The first-order valence-corrected chi connectivity index (χ1v) is 7.64. The number of likely N-dealkylation sites (tertiary alicyclic amines) is 1. The third-order valence-corrected chi connectivity index (χ3v) is 4.58. The molecule has 1 aliphatic carbocycles. The Bertz CT molecular complexity index is 477. The minimum Gasteiger partial charge on any atom is -0.491 e. The molecule has 1 heterocycles. The van der Waals surface area contributed by atoms with Crippen LogP contribution in [0.1, 0.15) is 37.2 Å². The molecule has 0 unspecified atom stereocenters. The van der Waals surface area contributed by atoms with Gasteiger partial charge in [0.05, 0.1) is 18.0 Å². The first-order valence-electron chi connectivity index (χ1n) is 7.64. The van der Waals surface area contributed by atoms with Gasteiger partial charge in [-0.25, -0.2) is 0 Å². The van der Waals surface area contributed by atoms with Gasteiger partial charge < -0.3 is 21.1 Å². The van der Waals surface area contributed by atoms with Crippen molar-refractivity contribution in [3.05, 3.63) is 17.7 Å². The average Bonchev–Trinajstić information content (AvgIpc) is 3.26. The Morgan fingerprint density at radius 1 is 1.15 bits per heavy atom. The molecule has 0 radical (unpaired) electrons. The zero-order chi connectivity index (χ0) is 14.1. The van der Waals surface area contributed by atoms with Crippen molar-refractivity contribution in [2.45, 2.75) is 31.6 Å². The summed E-state index contributed by atoms with van der Waals surface area (Å²) >= 11 is 0. The summed E-state index contributed by atoms with van der Waals surface area (Å²) in [6.07, 6.45) is 4.90. The molecule has 20 heavy (non-hydrogen) atoms. The van der Waals surface area contributed by atoms with Crippen molar-refractivity contribution in [3.8, 4) is 5.75 Å². The van der Waals surface area contributed by atoms with Crippen LogP contribution in [-0.4, -0.2) is 31.6 Å². The Morgan fingerprint density at radius 3 is 2.50 bits per heavy atom. The molecule has 110 valence electrons. The molecule has 2 aliphatic rings. The lowest BCUT2D eigenvalue weighted by molar-refractivity contribution is 0.247. The number of anilines is 2. The van der Waals surface area contributed by atoms with Crippen molar-refractivity contribution in [2.75, 3.05) is 38.2 Å². The molecular weight excluding hydrogens is 250 g/mol. The highest BCUT2D eigenvalue weighted by atomic mass is 16.5. The monoisotopic (exact) mass is 275 g/mol. The highest BCUT2D eigenvalue weighted by molar-refractivity contribution is 5.73. The van der Waals surface area contributed by atoms with Gasteiger partial charge in [-0.2, -0.15) is 0 Å². The third-order valence-electron chi connectivity index (χ3n) is 4.58. The molecule has 0 spiro atoms. The summed E-state index contributed by atoms with van der Waals surface area (Å²) in [4.78, 5) is 2.38. The fourth-order valence-corrected chi connectivity index (χ4v) is 2.92. The van der Waals surface area contributed by atoms with E-state index in [1.165, 1.54) is 31.2 Å². The molecule has 2 fully saturated rings. The van der Waals surface area contributed by atoms with E-state index in [-0.39, 0.29) is 0 Å². The average molecular weight is 275 g/mol. The van der Waals surface area contributed by atoms with Crippen molar-refractivity contribution in [1.82, 2.24) is 4.90 Å². The van der Waals surface area contributed by atoms with Gasteiger partial charge in [-0.05, 0) is 69.3 Å². The number of rotatable bonds is 4. The van der Waals surface area contributed by atoms with Gasteiger partial charge in [0.15, 0.2) is 0 Å². The van der Waals surface area contributed by atoms with Crippen LogP contribution in [0.4, 0.5) is 11.4 Å². The Morgan fingerprint density at radius 2 is 1.85 bits per heavy atom. The molecule has 1 aromatic rings. The van der Waals surface area contributed by atoms with Crippen molar-refractivity contribution < 1.29 is 4.74 Å². The first kappa shape index (κ1) is 13.6. The Labute approximate surface area is 121 Å². The quantitative estimate of drug-likeness (QED) is 0.828. The molecule has 3 rings (SSSR count). The Kier molecular flexibility index (Phi) is 3.74. The van der Waals surface area contributed by atoms with Crippen LogP contribution >= 0.6 is 0 Å². The van der Waals surface area contributed by atoms with E-state index in [4.69, 9.17) is 16.2 Å². The zero-order valence-electron chi connectivity index (χ0n) is 12.3. The van der Waals surface area contributed by atoms with E-state index in [9.17, 15) is 0 Å². The van der Waals surface area contributed by atoms with Crippen LogP contribution in [0.25, 0.3) is 0 Å². The second-order valence-electron chi connectivity index (χ2n) is 6.32. The van der Waals surface area contributed by atoms with E-state index < -0.39 is 0 Å².